The van der Waals surface area contributed by atoms with E-state index in [2.05, 4.69) is 10.2 Å². The molecule has 2 aromatic rings. The van der Waals surface area contributed by atoms with Gasteiger partial charge in [0.1, 0.15) is 0 Å². The molecule has 6 nitrogen and oxygen atoms in total. The highest BCUT2D eigenvalue weighted by atomic mass is 16.5. The van der Waals surface area contributed by atoms with E-state index in [-0.39, 0.29) is 12.5 Å². The Morgan fingerprint density at radius 2 is 2.19 bits per heavy atom. The number of aliphatic hydroxyl groups is 1. The molecule has 2 N–H and O–H groups in total. The molecule has 6 heteroatoms. The lowest BCUT2D eigenvalue weighted by Gasteiger charge is -2.49. The fraction of sp³-hybridized carbons (Fsp3) is 0.500. The molecule has 0 unspecified atom stereocenters. The van der Waals surface area contributed by atoms with Crippen LogP contribution in [-0.4, -0.2) is 58.5 Å². The summed E-state index contributed by atoms with van der Waals surface area (Å²) in [5.41, 5.74) is 1.95. The largest absolute Gasteiger partial charge is 0.387 e. The molecule has 140 valence electrons. The Morgan fingerprint density at radius 3 is 2.85 bits per heavy atom. The first-order chi connectivity index (χ1) is 12.3. The average molecular weight is 357 g/mol. The second kappa shape index (κ2) is 6.85. The molecule has 1 aliphatic rings. The number of amides is 1. The van der Waals surface area contributed by atoms with Crippen LogP contribution in [0.1, 0.15) is 36.2 Å². The van der Waals surface area contributed by atoms with Gasteiger partial charge in [0.2, 0.25) is 0 Å². The van der Waals surface area contributed by atoms with Crippen LogP contribution in [0.15, 0.2) is 30.5 Å². The fourth-order valence-electron chi connectivity index (χ4n) is 3.68. The Bertz CT molecular complexity index is 799. The van der Waals surface area contributed by atoms with E-state index in [1.54, 1.807) is 18.2 Å². The van der Waals surface area contributed by atoms with Gasteiger partial charge in [0, 0.05) is 31.2 Å². The summed E-state index contributed by atoms with van der Waals surface area (Å²) in [5.74, 6) is -0.0669. The molecule has 26 heavy (non-hydrogen) atoms. The monoisotopic (exact) mass is 357 g/mol. The Kier molecular flexibility index (Phi) is 4.90. The number of benzene rings is 1. The molecule has 1 amide bonds. The van der Waals surface area contributed by atoms with Gasteiger partial charge in [0.05, 0.1) is 29.7 Å². The van der Waals surface area contributed by atoms with Gasteiger partial charge in [0.15, 0.2) is 0 Å². The minimum atomic E-state index is -0.936. The van der Waals surface area contributed by atoms with Crippen LogP contribution in [0.25, 0.3) is 11.3 Å². The standard InChI is InChI=1S/C20H27N3O3/c1-14-6-5-7-15(10-14)17-16(11-21-22-17)18(24)23-9-8-20(25,13-26-4)19(2,3)12-23/h5-7,10-11,25H,8-9,12-13H2,1-4H3,(H,21,22)/t20-/m1/s1. The highest BCUT2D eigenvalue weighted by molar-refractivity contribution is 5.99. The number of ether oxygens (including phenoxy) is 1. The van der Waals surface area contributed by atoms with E-state index in [4.69, 9.17) is 4.74 Å². The van der Waals surface area contributed by atoms with Crippen LogP contribution in [0.2, 0.25) is 0 Å². The van der Waals surface area contributed by atoms with Crippen molar-refractivity contribution < 1.29 is 14.6 Å². The van der Waals surface area contributed by atoms with E-state index < -0.39 is 11.0 Å². The van der Waals surface area contributed by atoms with Crippen molar-refractivity contribution in [2.24, 2.45) is 5.41 Å². The van der Waals surface area contributed by atoms with Crippen LogP contribution in [-0.2, 0) is 4.74 Å². The molecule has 1 aromatic carbocycles. The van der Waals surface area contributed by atoms with Crippen LogP contribution in [0.5, 0.6) is 0 Å². The molecular weight excluding hydrogens is 330 g/mol. The first kappa shape index (κ1) is 18.6. The van der Waals surface area contributed by atoms with Crippen molar-refractivity contribution in [2.75, 3.05) is 26.8 Å². The summed E-state index contributed by atoms with van der Waals surface area (Å²) in [6, 6.07) is 7.98. The molecule has 0 saturated carbocycles. The number of rotatable bonds is 4. The molecule has 0 aliphatic carbocycles. The smallest absolute Gasteiger partial charge is 0.257 e. The van der Waals surface area contributed by atoms with Gasteiger partial charge in [-0.05, 0) is 19.4 Å². The molecule has 1 atom stereocenters. The maximum Gasteiger partial charge on any atom is 0.257 e. The Morgan fingerprint density at radius 1 is 1.42 bits per heavy atom. The third kappa shape index (κ3) is 3.27. The average Bonchev–Trinajstić information content (AvgIpc) is 3.07. The number of nitrogens with zero attached hydrogens (tertiary/aromatic N) is 2. The number of carbonyl (C=O) groups is 1. The van der Waals surface area contributed by atoms with Crippen molar-refractivity contribution in [1.29, 1.82) is 0 Å². The van der Waals surface area contributed by atoms with Crippen molar-refractivity contribution in [3.63, 3.8) is 0 Å². The number of hydrogen-bond acceptors (Lipinski definition) is 4. The summed E-state index contributed by atoms with van der Waals surface area (Å²) >= 11 is 0. The predicted octanol–water partition coefficient (Wildman–Crippen LogP) is 2.63. The molecule has 0 spiro atoms. The molecule has 3 rings (SSSR count). The first-order valence-electron chi connectivity index (χ1n) is 8.88. The molecule has 1 saturated heterocycles. The van der Waals surface area contributed by atoms with Crippen molar-refractivity contribution in [3.8, 4) is 11.3 Å². The van der Waals surface area contributed by atoms with Gasteiger partial charge in [-0.1, -0.05) is 37.6 Å². The third-order valence-corrected chi connectivity index (χ3v) is 5.49. The first-order valence-corrected chi connectivity index (χ1v) is 8.88. The maximum atomic E-state index is 13.1. The summed E-state index contributed by atoms with van der Waals surface area (Å²) in [4.78, 5) is 14.9. The number of hydrogen-bond donors (Lipinski definition) is 2. The van der Waals surface area contributed by atoms with Gasteiger partial charge in [-0.3, -0.25) is 9.89 Å². The minimum absolute atomic E-state index is 0.0669. The van der Waals surface area contributed by atoms with E-state index in [1.807, 2.05) is 45.0 Å². The van der Waals surface area contributed by atoms with Crippen molar-refractivity contribution in [1.82, 2.24) is 15.1 Å². The number of H-pyrrole nitrogens is 1. The summed E-state index contributed by atoms with van der Waals surface area (Å²) in [6.45, 7) is 7.18. The lowest BCUT2D eigenvalue weighted by molar-refractivity contribution is -0.144. The highest BCUT2D eigenvalue weighted by Crippen LogP contribution is 2.39. The van der Waals surface area contributed by atoms with Crippen LogP contribution >= 0.6 is 0 Å². The lowest BCUT2D eigenvalue weighted by Crippen LogP contribution is -2.60. The minimum Gasteiger partial charge on any atom is -0.387 e. The van der Waals surface area contributed by atoms with Crippen molar-refractivity contribution in [2.45, 2.75) is 32.8 Å². The topological polar surface area (TPSA) is 78.5 Å². The maximum absolute atomic E-state index is 13.1. The normalized spacial score (nSPS) is 22.4. The second-order valence-electron chi connectivity index (χ2n) is 7.85. The van der Waals surface area contributed by atoms with Gasteiger partial charge in [-0.15, -0.1) is 0 Å². The van der Waals surface area contributed by atoms with Gasteiger partial charge < -0.3 is 14.7 Å². The summed E-state index contributed by atoms with van der Waals surface area (Å²) < 4.78 is 5.21. The molecular formula is C20H27N3O3. The number of aromatic amines is 1. The Hall–Kier alpha value is -2.18. The van der Waals surface area contributed by atoms with Gasteiger partial charge in [-0.2, -0.15) is 5.10 Å². The number of carbonyl (C=O) groups excluding carboxylic acids is 1. The van der Waals surface area contributed by atoms with Crippen molar-refractivity contribution >= 4 is 5.91 Å². The van der Waals surface area contributed by atoms with E-state index in [1.165, 1.54) is 0 Å². The summed E-state index contributed by atoms with van der Waals surface area (Å²) in [5, 5.41) is 18.0. The SMILES string of the molecule is COC[C@]1(O)CCN(C(=O)c2cn[nH]c2-c2cccc(C)c2)CC1(C)C. The molecule has 0 bridgehead atoms. The quantitative estimate of drug-likeness (QED) is 0.882. The number of aromatic nitrogens is 2. The molecule has 2 heterocycles. The van der Waals surface area contributed by atoms with Crippen LogP contribution in [0.4, 0.5) is 0 Å². The highest BCUT2D eigenvalue weighted by Gasteiger charge is 2.48. The van der Waals surface area contributed by atoms with Crippen LogP contribution in [0.3, 0.4) is 0 Å². The van der Waals surface area contributed by atoms with E-state index in [9.17, 15) is 9.90 Å². The zero-order chi connectivity index (χ0) is 18.9. The lowest BCUT2D eigenvalue weighted by atomic mass is 9.70. The molecule has 1 fully saturated rings. The number of piperidine rings is 1. The summed E-state index contributed by atoms with van der Waals surface area (Å²) in [7, 11) is 1.59. The number of methoxy groups -OCH3 is 1. The fourth-order valence-corrected chi connectivity index (χ4v) is 3.68. The molecule has 1 aliphatic heterocycles. The molecule has 0 radical (unpaired) electrons. The summed E-state index contributed by atoms with van der Waals surface area (Å²) in [6.07, 6.45) is 2.07. The predicted molar refractivity (Wildman–Crippen MR) is 99.9 cm³/mol. The number of likely N-dealkylation sites (tertiary alicyclic amines) is 1. The van der Waals surface area contributed by atoms with E-state index >= 15 is 0 Å². The van der Waals surface area contributed by atoms with Gasteiger partial charge in [-0.25, -0.2) is 0 Å². The zero-order valence-electron chi connectivity index (χ0n) is 15.9. The Balaban J connectivity index is 1.85. The zero-order valence-corrected chi connectivity index (χ0v) is 15.9. The van der Waals surface area contributed by atoms with Gasteiger partial charge >= 0.3 is 0 Å². The van der Waals surface area contributed by atoms with Gasteiger partial charge in [0.25, 0.3) is 5.91 Å². The molecule has 1 aromatic heterocycles. The van der Waals surface area contributed by atoms with Crippen LogP contribution < -0.4 is 0 Å². The third-order valence-electron chi connectivity index (χ3n) is 5.49. The Labute approximate surface area is 154 Å². The van der Waals surface area contributed by atoms with E-state index in [0.717, 1.165) is 16.8 Å². The number of aryl methyl sites for hydroxylation is 1. The van der Waals surface area contributed by atoms with E-state index in [0.29, 0.717) is 25.1 Å². The van der Waals surface area contributed by atoms with Crippen molar-refractivity contribution in [3.05, 3.63) is 41.6 Å². The van der Waals surface area contributed by atoms with Crippen LogP contribution in [0, 0.1) is 12.3 Å². The number of nitrogens with one attached hydrogen (secondary N) is 1. The second-order valence-corrected chi connectivity index (χ2v) is 7.85.